The number of hydrogen-bond acceptors (Lipinski definition) is 4. The number of hydrogen-bond donors (Lipinski definition) is 0. The van der Waals surface area contributed by atoms with Crippen molar-refractivity contribution in [3.05, 3.63) is 79.8 Å². The first-order chi connectivity index (χ1) is 17.2. The van der Waals surface area contributed by atoms with Crippen molar-refractivity contribution in [2.24, 2.45) is 4.99 Å². The summed E-state index contributed by atoms with van der Waals surface area (Å²) in [4.78, 5) is 30.3. The average molecular weight is 522 g/mol. The van der Waals surface area contributed by atoms with Crippen LogP contribution in [0.5, 0.6) is 0 Å². The van der Waals surface area contributed by atoms with Crippen molar-refractivity contribution in [2.45, 2.75) is 71.3 Å². The topological polar surface area (TPSA) is 74.2 Å². The maximum Gasteiger partial charge on any atom is 0.416 e. The van der Waals surface area contributed by atoms with Crippen molar-refractivity contribution in [2.75, 3.05) is 0 Å². The van der Waals surface area contributed by atoms with Gasteiger partial charge in [0.2, 0.25) is 0 Å². The van der Waals surface area contributed by atoms with E-state index >= 15 is 0 Å². The molecule has 1 aliphatic rings. The van der Waals surface area contributed by atoms with Crippen LogP contribution >= 0.6 is 11.6 Å². The molecule has 0 fully saturated rings. The van der Waals surface area contributed by atoms with Crippen LogP contribution in [0.4, 0.5) is 19.0 Å². The third-order valence-electron chi connectivity index (χ3n) is 6.16. The number of benzene rings is 1. The number of rotatable bonds is 10. The lowest BCUT2D eigenvalue weighted by atomic mass is 10.1. The highest BCUT2D eigenvalue weighted by Gasteiger charge is 2.30. The van der Waals surface area contributed by atoms with Crippen molar-refractivity contribution in [3.8, 4) is 0 Å². The van der Waals surface area contributed by atoms with Crippen molar-refractivity contribution < 1.29 is 13.2 Å². The van der Waals surface area contributed by atoms with Crippen LogP contribution in [0.1, 0.15) is 54.9 Å². The molecule has 0 unspecified atom stereocenters. The Bertz CT molecular complexity index is 1390. The van der Waals surface area contributed by atoms with Crippen molar-refractivity contribution in [1.29, 1.82) is 0 Å². The molecular formula is C25H27ClF3N5O2. The number of aryl methyl sites for hydroxylation is 1. The standard InChI is InChI=1S/C25H27ClF3N5O2/c1-2-3-4-10-33-22-20(13-21(26)31-22)23(35)34(24(33)36)11-6-8-18-14-30-32(16-18)15-17-7-5-9-19(12-17)25(27,28)29/h5,7,9,12,14,16H,2-4,6,8,10-11,13,15H2,1H3. The summed E-state index contributed by atoms with van der Waals surface area (Å²) in [5, 5.41) is 4.55. The van der Waals surface area contributed by atoms with Gasteiger partial charge in [0.05, 0.1) is 23.9 Å². The quantitative estimate of drug-likeness (QED) is 0.355. The molecule has 0 bridgehead atoms. The normalized spacial score (nSPS) is 13.2. The van der Waals surface area contributed by atoms with Gasteiger partial charge in [0, 0.05) is 25.7 Å². The van der Waals surface area contributed by atoms with Gasteiger partial charge in [0.25, 0.3) is 5.56 Å². The van der Waals surface area contributed by atoms with Crippen molar-refractivity contribution in [3.63, 3.8) is 0 Å². The van der Waals surface area contributed by atoms with Crippen LogP contribution in [-0.2, 0) is 38.7 Å². The molecule has 11 heteroatoms. The Kier molecular flexibility index (Phi) is 7.82. The Hall–Kier alpha value is -3.14. The predicted octanol–water partition coefficient (Wildman–Crippen LogP) is 4.92. The van der Waals surface area contributed by atoms with Gasteiger partial charge in [-0.15, -0.1) is 0 Å². The fourth-order valence-corrected chi connectivity index (χ4v) is 4.56. The van der Waals surface area contributed by atoms with E-state index in [1.165, 1.54) is 10.6 Å². The van der Waals surface area contributed by atoms with Crippen LogP contribution in [0.15, 0.2) is 51.2 Å². The highest BCUT2D eigenvalue weighted by Crippen LogP contribution is 2.29. The Labute approximate surface area is 210 Å². The zero-order valence-electron chi connectivity index (χ0n) is 19.9. The number of aliphatic imine (C=N–C) groups is 1. The fraction of sp³-hybridized carbons (Fsp3) is 0.440. The highest BCUT2D eigenvalue weighted by atomic mass is 35.5. The second-order valence-corrected chi connectivity index (χ2v) is 9.35. The summed E-state index contributed by atoms with van der Waals surface area (Å²) in [6, 6.07) is 5.16. The smallest absolute Gasteiger partial charge is 0.278 e. The highest BCUT2D eigenvalue weighted by molar-refractivity contribution is 6.66. The molecule has 4 rings (SSSR count). The monoisotopic (exact) mass is 521 g/mol. The molecule has 3 aromatic rings. The van der Waals surface area contributed by atoms with Crippen LogP contribution in [0.2, 0.25) is 0 Å². The Balaban J connectivity index is 1.44. The maximum absolute atomic E-state index is 13.1. The van der Waals surface area contributed by atoms with E-state index in [-0.39, 0.29) is 30.8 Å². The second kappa shape index (κ2) is 10.9. The number of unbranched alkanes of at least 4 members (excludes halogenated alkanes) is 2. The third-order valence-corrected chi connectivity index (χ3v) is 6.38. The van der Waals surface area contributed by atoms with Crippen LogP contribution in [0, 0.1) is 0 Å². The summed E-state index contributed by atoms with van der Waals surface area (Å²) in [7, 11) is 0. The minimum absolute atomic E-state index is 0.206. The van der Waals surface area contributed by atoms with Gasteiger partial charge >= 0.3 is 11.9 Å². The summed E-state index contributed by atoms with van der Waals surface area (Å²) in [5.74, 6) is 0.373. The van der Waals surface area contributed by atoms with E-state index < -0.39 is 11.7 Å². The first-order valence-corrected chi connectivity index (χ1v) is 12.3. The minimum Gasteiger partial charge on any atom is -0.278 e. The Morgan fingerprint density at radius 3 is 2.58 bits per heavy atom. The molecule has 0 radical (unpaired) electrons. The summed E-state index contributed by atoms with van der Waals surface area (Å²) in [6.07, 6.45) is 3.09. The van der Waals surface area contributed by atoms with Crippen LogP contribution < -0.4 is 11.2 Å². The molecule has 0 saturated heterocycles. The molecule has 1 aliphatic heterocycles. The van der Waals surface area contributed by atoms with Gasteiger partial charge in [-0.1, -0.05) is 43.5 Å². The van der Waals surface area contributed by atoms with Gasteiger partial charge in [-0.25, -0.2) is 9.79 Å². The predicted molar refractivity (Wildman–Crippen MR) is 132 cm³/mol. The molecule has 0 aliphatic carbocycles. The summed E-state index contributed by atoms with van der Waals surface area (Å²) in [5.41, 5.74) is 0.371. The zero-order valence-corrected chi connectivity index (χ0v) is 20.6. The van der Waals surface area contributed by atoms with E-state index in [9.17, 15) is 22.8 Å². The minimum atomic E-state index is -4.40. The fourth-order valence-electron chi connectivity index (χ4n) is 4.34. The number of halogens is 4. The Morgan fingerprint density at radius 2 is 1.83 bits per heavy atom. The molecule has 36 heavy (non-hydrogen) atoms. The van der Waals surface area contributed by atoms with Gasteiger partial charge in [-0.05, 0) is 42.5 Å². The molecule has 1 aromatic carbocycles. The van der Waals surface area contributed by atoms with Gasteiger partial charge < -0.3 is 0 Å². The van der Waals surface area contributed by atoms with Crippen LogP contribution in [0.25, 0.3) is 0 Å². The number of alkyl halides is 3. The first kappa shape index (κ1) is 25.9. The average Bonchev–Trinajstić information content (AvgIpc) is 3.44. The molecule has 7 nitrogen and oxygen atoms in total. The molecule has 192 valence electrons. The number of nitrogens with zero attached hydrogens (tertiary/aromatic N) is 5. The van der Waals surface area contributed by atoms with Gasteiger partial charge in [-0.2, -0.15) is 18.3 Å². The Morgan fingerprint density at radius 1 is 1.06 bits per heavy atom. The molecule has 0 N–H and O–H groups in total. The van der Waals surface area contributed by atoms with Crippen molar-refractivity contribution in [1.82, 2.24) is 18.9 Å². The summed E-state index contributed by atoms with van der Waals surface area (Å²) in [6.45, 7) is 2.99. The number of fused-ring (bicyclic) bond motifs is 1. The van der Waals surface area contributed by atoms with E-state index in [0.29, 0.717) is 41.5 Å². The second-order valence-electron chi connectivity index (χ2n) is 8.91. The third kappa shape index (κ3) is 5.80. The van der Waals surface area contributed by atoms with E-state index in [0.717, 1.165) is 37.0 Å². The SMILES string of the molecule is CCCCCn1c2c(c(=O)n(CCCc3cnn(Cc4cccc(C(F)(F)F)c4)c3)c1=O)CC(Cl)=N2. The lowest BCUT2D eigenvalue weighted by molar-refractivity contribution is -0.137. The van der Waals surface area contributed by atoms with Crippen molar-refractivity contribution >= 4 is 22.6 Å². The van der Waals surface area contributed by atoms with E-state index in [2.05, 4.69) is 17.0 Å². The molecule has 0 atom stereocenters. The molecule has 0 amide bonds. The molecule has 3 heterocycles. The molecule has 0 saturated carbocycles. The summed E-state index contributed by atoms with van der Waals surface area (Å²) >= 11 is 6.08. The summed E-state index contributed by atoms with van der Waals surface area (Å²) < 4.78 is 43.3. The molecule has 0 spiro atoms. The first-order valence-electron chi connectivity index (χ1n) is 11.9. The lowest BCUT2D eigenvalue weighted by Crippen LogP contribution is -2.41. The van der Waals surface area contributed by atoms with E-state index in [1.54, 1.807) is 27.7 Å². The lowest BCUT2D eigenvalue weighted by Gasteiger charge is -2.14. The van der Waals surface area contributed by atoms with Gasteiger partial charge in [-0.3, -0.25) is 18.6 Å². The van der Waals surface area contributed by atoms with E-state index in [4.69, 9.17) is 11.6 Å². The maximum atomic E-state index is 13.1. The number of aromatic nitrogens is 4. The molecular weight excluding hydrogens is 495 g/mol. The van der Waals surface area contributed by atoms with E-state index in [1.807, 2.05) is 0 Å². The largest absolute Gasteiger partial charge is 0.416 e. The van der Waals surface area contributed by atoms with Gasteiger partial charge in [0.15, 0.2) is 0 Å². The zero-order chi connectivity index (χ0) is 25.9. The van der Waals surface area contributed by atoms with Crippen LogP contribution in [0.3, 0.4) is 0 Å². The molecule has 2 aromatic heterocycles. The van der Waals surface area contributed by atoms with Gasteiger partial charge in [0.1, 0.15) is 11.0 Å². The van der Waals surface area contributed by atoms with Crippen LogP contribution in [-0.4, -0.2) is 24.1 Å².